The third-order valence-electron chi connectivity index (χ3n) is 2.45. The van der Waals surface area contributed by atoms with Crippen molar-refractivity contribution < 1.29 is 13.2 Å². The van der Waals surface area contributed by atoms with Crippen molar-refractivity contribution in [1.29, 1.82) is 0 Å². The van der Waals surface area contributed by atoms with Crippen LogP contribution in [0.5, 0.6) is 0 Å². The molecule has 0 atom stereocenters. The Kier molecular flexibility index (Phi) is 5.04. The van der Waals surface area contributed by atoms with Crippen molar-refractivity contribution >= 4 is 21.6 Å². The minimum atomic E-state index is -3.78. The predicted molar refractivity (Wildman–Crippen MR) is 74.3 cm³/mol. The Hall–Kier alpha value is -1.44. The summed E-state index contributed by atoms with van der Waals surface area (Å²) < 4.78 is 22.7. The van der Waals surface area contributed by atoms with Crippen LogP contribution in [-0.4, -0.2) is 26.9 Å². The lowest BCUT2D eigenvalue weighted by Crippen LogP contribution is -2.32. The van der Waals surface area contributed by atoms with Crippen LogP contribution in [0, 0.1) is 6.92 Å². The van der Waals surface area contributed by atoms with Crippen LogP contribution in [0.3, 0.4) is 0 Å². The van der Waals surface area contributed by atoms with Crippen LogP contribution in [0.1, 0.15) is 19.4 Å². The van der Waals surface area contributed by atoms with Gasteiger partial charge in [0, 0.05) is 11.7 Å². The minimum absolute atomic E-state index is 0.0159. The molecule has 1 amide bonds. The van der Waals surface area contributed by atoms with Crippen molar-refractivity contribution in [2.75, 3.05) is 11.9 Å². The Morgan fingerprint density at radius 1 is 1.37 bits per heavy atom. The number of nitrogens with one attached hydrogen (secondary N) is 2. The fourth-order valence-electron chi connectivity index (χ4n) is 1.49. The molecule has 7 heteroatoms. The van der Waals surface area contributed by atoms with Crippen LogP contribution < -0.4 is 15.8 Å². The van der Waals surface area contributed by atoms with Crippen LogP contribution in [-0.2, 0) is 14.8 Å². The van der Waals surface area contributed by atoms with Crippen molar-refractivity contribution in [2.45, 2.75) is 31.7 Å². The lowest BCUT2D eigenvalue weighted by molar-refractivity contribution is -0.115. The first-order valence-electron chi connectivity index (χ1n) is 5.87. The standard InChI is InChI=1S/C12H19N3O3S/c1-8(2)14-7-12(16)15-10-5-4-9(3)11(6-10)19(13,17)18/h4-6,8,14H,7H2,1-3H3,(H,15,16)(H2,13,17,18). The number of aryl methyl sites for hydroxylation is 1. The molecule has 1 aromatic carbocycles. The van der Waals surface area contributed by atoms with Gasteiger partial charge in [0.2, 0.25) is 15.9 Å². The maximum Gasteiger partial charge on any atom is 0.238 e. The lowest BCUT2D eigenvalue weighted by atomic mass is 10.2. The Bertz CT molecular complexity index is 568. The number of carbonyl (C=O) groups excluding carboxylic acids is 1. The summed E-state index contributed by atoms with van der Waals surface area (Å²) in [6.07, 6.45) is 0. The zero-order valence-corrected chi connectivity index (χ0v) is 12.0. The topological polar surface area (TPSA) is 101 Å². The van der Waals surface area contributed by atoms with Gasteiger partial charge in [-0.3, -0.25) is 4.79 Å². The van der Waals surface area contributed by atoms with Crippen molar-refractivity contribution in [2.24, 2.45) is 5.14 Å². The molecule has 0 aliphatic carbocycles. The summed E-state index contributed by atoms with van der Waals surface area (Å²) >= 11 is 0. The molecular weight excluding hydrogens is 266 g/mol. The molecule has 0 saturated carbocycles. The summed E-state index contributed by atoms with van der Waals surface area (Å²) in [4.78, 5) is 11.6. The van der Waals surface area contributed by atoms with E-state index in [1.165, 1.54) is 6.07 Å². The fourth-order valence-corrected chi connectivity index (χ4v) is 2.29. The van der Waals surface area contributed by atoms with Gasteiger partial charge in [-0.15, -0.1) is 0 Å². The van der Waals surface area contributed by atoms with E-state index in [9.17, 15) is 13.2 Å². The molecule has 0 aliphatic rings. The number of primary sulfonamides is 1. The maximum atomic E-state index is 11.6. The van der Waals surface area contributed by atoms with Gasteiger partial charge in [0.15, 0.2) is 0 Å². The highest BCUT2D eigenvalue weighted by Gasteiger charge is 2.13. The van der Waals surface area contributed by atoms with E-state index in [1.807, 2.05) is 13.8 Å². The van der Waals surface area contributed by atoms with Crippen molar-refractivity contribution in [3.05, 3.63) is 23.8 Å². The SMILES string of the molecule is Cc1ccc(NC(=O)CNC(C)C)cc1S(N)(=O)=O. The number of sulfonamides is 1. The smallest absolute Gasteiger partial charge is 0.238 e. The number of rotatable bonds is 5. The molecule has 0 heterocycles. The summed E-state index contributed by atoms with van der Waals surface area (Å²) in [5.74, 6) is -0.238. The predicted octanol–water partition coefficient (Wildman–Crippen LogP) is 0.579. The monoisotopic (exact) mass is 285 g/mol. The molecule has 1 rings (SSSR count). The molecule has 1 aromatic rings. The van der Waals surface area contributed by atoms with E-state index in [2.05, 4.69) is 10.6 Å². The molecule has 0 aromatic heterocycles. The Morgan fingerprint density at radius 2 is 2.00 bits per heavy atom. The molecule has 106 valence electrons. The van der Waals surface area contributed by atoms with Gasteiger partial charge in [0.25, 0.3) is 0 Å². The molecule has 6 nitrogen and oxygen atoms in total. The third kappa shape index (κ3) is 4.98. The van der Waals surface area contributed by atoms with Crippen LogP contribution in [0.4, 0.5) is 5.69 Å². The maximum absolute atomic E-state index is 11.6. The first kappa shape index (κ1) is 15.6. The van der Waals surface area contributed by atoms with Gasteiger partial charge in [0.1, 0.15) is 0 Å². The first-order chi connectivity index (χ1) is 8.70. The Morgan fingerprint density at radius 3 is 2.53 bits per heavy atom. The second-order valence-corrected chi connectivity index (χ2v) is 6.14. The Balaban J connectivity index is 2.84. The molecule has 0 radical (unpaired) electrons. The number of benzene rings is 1. The molecule has 0 bridgehead atoms. The van der Waals surface area contributed by atoms with Crippen LogP contribution in [0.15, 0.2) is 23.1 Å². The normalized spacial score (nSPS) is 11.6. The van der Waals surface area contributed by atoms with E-state index in [4.69, 9.17) is 5.14 Å². The van der Waals surface area contributed by atoms with E-state index < -0.39 is 10.0 Å². The summed E-state index contributed by atoms with van der Waals surface area (Å²) in [5.41, 5.74) is 0.950. The van der Waals surface area contributed by atoms with E-state index in [0.29, 0.717) is 11.3 Å². The molecule has 0 spiro atoms. The second kappa shape index (κ2) is 6.14. The van der Waals surface area contributed by atoms with Crippen molar-refractivity contribution in [1.82, 2.24) is 5.32 Å². The van der Waals surface area contributed by atoms with E-state index in [0.717, 1.165) is 0 Å². The molecule has 0 aliphatic heterocycles. The van der Waals surface area contributed by atoms with E-state index >= 15 is 0 Å². The highest BCUT2D eigenvalue weighted by atomic mass is 32.2. The molecule has 4 N–H and O–H groups in total. The van der Waals surface area contributed by atoms with Gasteiger partial charge in [0.05, 0.1) is 11.4 Å². The van der Waals surface area contributed by atoms with E-state index in [1.54, 1.807) is 19.1 Å². The number of hydrogen-bond acceptors (Lipinski definition) is 4. The van der Waals surface area contributed by atoms with Crippen molar-refractivity contribution in [3.8, 4) is 0 Å². The number of carbonyl (C=O) groups is 1. The number of anilines is 1. The summed E-state index contributed by atoms with van der Waals surface area (Å²) in [6, 6.07) is 4.80. The molecular formula is C12H19N3O3S. The molecule has 0 fully saturated rings. The Labute approximate surface area is 113 Å². The summed E-state index contributed by atoms with van der Waals surface area (Å²) in [5, 5.41) is 10.7. The highest BCUT2D eigenvalue weighted by Crippen LogP contribution is 2.18. The second-order valence-electron chi connectivity index (χ2n) is 4.61. The first-order valence-corrected chi connectivity index (χ1v) is 7.41. The van der Waals surface area contributed by atoms with Gasteiger partial charge >= 0.3 is 0 Å². The number of amides is 1. The summed E-state index contributed by atoms with van der Waals surface area (Å²) in [6.45, 7) is 5.67. The third-order valence-corrected chi connectivity index (χ3v) is 3.50. The van der Waals surface area contributed by atoms with Gasteiger partial charge in [-0.2, -0.15) is 0 Å². The zero-order valence-electron chi connectivity index (χ0n) is 11.2. The zero-order chi connectivity index (χ0) is 14.6. The van der Waals surface area contributed by atoms with Gasteiger partial charge in [-0.05, 0) is 24.6 Å². The van der Waals surface area contributed by atoms with Crippen LogP contribution in [0.25, 0.3) is 0 Å². The number of hydrogen-bond donors (Lipinski definition) is 3. The number of nitrogens with two attached hydrogens (primary N) is 1. The quantitative estimate of drug-likeness (QED) is 0.736. The van der Waals surface area contributed by atoms with Gasteiger partial charge in [-0.25, -0.2) is 13.6 Å². The van der Waals surface area contributed by atoms with Crippen LogP contribution in [0.2, 0.25) is 0 Å². The minimum Gasteiger partial charge on any atom is -0.325 e. The largest absolute Gasteiger partial charge is 0.325 e. The highest BCUT2D eigenvalue weighted by molar-refractivity contribution is 7.89. The average molecular weight is 285 g/mol. The van der Waals surface area contributed by atoms with Gasteiger partial charge in [-0.1, -0.05) is 19.9 Å². The molecule has 0 unspecified atom stereocenters. The average Bonchev–Trinajstić information content (AvgIpc) is 2.27. The lowest BCUT2D eigenvalue weighted by Gasteiger charge is -2.10. The summed E-state index contributed by atoms with van der Waals surface area (Å²) in [7, 11) is -3.78. The van der Waals surface area contributed by atoms with E-state index in [-0.39, 0.29) is 23.4 Å². The van der Waals surface area contributed by atoms with Gasteiger partial charge < -0.3 is 10.6 Å². The van der Waals surface area contributed by atoms with Crippen LogP contribution >= 0.6 is 0 Å². The molecule has 0 saturated heterocycles. The fraction of sp³-hybridized carbons (Fsp3) is 0.417. The molecule has 19 heavy (non-hydrogen) atoms. The van der Waals surface area contributed by atoms with Crippen molar-refractivity contribution in [3.63, 3.8) is 0 Å².